The fourth-order valence-corrected chi connectivity index (χ4v) is 2.19. The average molecular weight is 322 g/mol. The number of aromatic nitrogens is 2. The zero-order valence-corrected chi connectivity index (χ0v) is 13.1. The monoisotopic (exact) mass is 322 g/mol. The molecular formula is C18H18N4O2. The standard InChI is InChI=1S/C18H18N4O2/c23-18(11-8-14-5-2-1-3-6-14)20-17-10-9-16(21-22-17)19-13-15-7-4-12-24-15/h1-7,9-10,12H,8,11,13H2,(H,19,21)(H,20,22,23). The molecular weight excluding hydrogens is 304 g/mol. The topological polar surface area (TPSA) is 80.0 Å². The molecule has 0 aliphatic heterocycles. The Kier molecular flexibility index (Phi) is 5.19. The van der Waals surface area contributed by atoms with E-state index in [1.54, 1.807) is 18.4 Å². The van der Waals surface area contributed by atoms with Gasteiger partial charge in [-0.05, 0) is 36.2 Å². The van der Waals surface area contributed by atoms with Crippen molar-refractivity contribution in [2.24, 2.45) is 0 Å². The average Bonchev–Trinajstić information content (AvgIpc) is 3.14. The van der Waals surface area contributed by atoms with Gasteiger partial charge in [0.05, 0.1) is 12.8 Å². The minimum Gasteiger partial charge on any atom is -0.467 e. The van der Waals surface area contributed by atoms with Gasteiger partial charge < -0.3 is 15.1 Å². The predicted molar refractivity (Wildman–Crippen MR) is 91.5 cm³/mol. The van der Waals surface area contributed by atoms with Gasteiger partial charge in [-0.25, -0.2) is 0 Å². The van der Waals surface area contributed by atoms with Crippen molar-refractivity contribution in [1.82, 2.24) is 10.2 Å². The van der Waals surface area contributed by atoms with Crippen molar-refractivity contribution in [2.75, 3.05) is 10.6 Å². The second-order valence-corrected chi connectivity index (χ2v) is 5.27. The number of nitrogens with zero attached hydrogens (tertiary/aromatic N) is 2. The smallest absolute Gasteiger partial charge is 0.225 e. The number of anilines is 2. The number of furan rings is 1. The van der Waals surface area contributed by atoms with E-state index in [0.29, 0.717) is 31.0 Å². The lowest BCUT2D eigenvalue weighted by Gasteiger charge is -2.06. The largest absolute Gasteiger partial charge is 0.467 e. The molecule has 2 N–H and O–H groups in total. The number of carbonyl (C=O) groups is 1. The second kappa shape index (κ2) is 7.92. The molecule has 0 radical (unpaired) electrons. The Morgan fingerprint density at radius 1 is 0.958 bits per heavy atom. The summed E-state index contributed by atoms with van der Waals surface area (Å²) in [6, 6.07) is 17.1. The fourth-order valence-electron chi connectivity index (χ4n) is 2.19. The van der Waals surface area contributed by atoms with Gasteiger partial charge in [-0.15, -0.1) is 10.2 Å². The van der Waals surface area contributed by atoms with Gasteiger partial charge in [-0.1, -0.05) is 30.3 Å². The Morgan fingerprint density at radius 3 is 2.46 bits per heavy atom. The Balaban J connectivity index is 1.45. The Hall–Kier alpha value is -3.15. The van der Waals surface area contributed by atoms with E-state index < -0.39 is 0 Å². The van der Waals surface area contributed by atoms with Crippen LogP contribution < -0.4 is 10.6 Å². The van der Waals surface area contributed by atoms with Crippen LogP contribution in [-0.4, -0.2) is 16.1 Å². The minimum absolute atomic E-state index is 0.0792. The lowest BCUT2D eigenvalue weighted by molar-refractivity contribution is -0.116. The fraction of sp³-hybridized carbons (Fsp3) is 0.167. The number of benzene rings is 1. The van der Waals surface area contributed by atoms with E-state index in [9.17, 15) is 4.79 Å². The van der Waals surface area contributed by atoms with Crippen LogP contribution in [-0.2, 0) is 17.8 Å². The minimum atomic E-state index is -0.0792. The number of nitrogens with one attached hydrogen (secondary N) is 2. The summed E-state index contributed by atoms with van der Waals surface area (Å²) in [6.07, 6.45) is 2.73. The number of hydrogen-bond acceptors (Lipinski definition) is 5. The molecule has 0 aliphatic carbocycles. The van der Waals surface area contributed by atoms with E-state index in [2.05, 4.69) is 20.8 Å². The summed E-state index contributed by atoms with van der Waals surface area (Å²) < 4.78 is 5.23. The molecule has 0 aliphatic rings. The van der Waals surface area contributed by atoms with Gasteiger partial charge in [0.2, 0.25) is 5.91 Å². The van der Waals surface area contributed by atoms with Crippen LogP contribution in [0.4, 0.5) is 11.6 Å². The number of amides is 1. The Labute approximate surface area is 139 Å². The first-order valence-electron chi connectivity index (χ1n) is 7.73. The molecule has 6 heteroatoms. The molecule has 2 heterocycles. The van der Waals surface area contributed by atoms with Gasteiger partial charge in [0.25, 0.3) is 0 Å². The van der Waals surface area contributed by atoms with Crippen LogP contribution in [0.2, 0.25) is 0 Å². The second-order valence-electron chi connectivity index (χ2n) is 5.27. The summed E-state index contributed by atoms with van der Waals surface area (Å²) in [4.78, 5) is 11.9. The van der Waals surface area contributed by atoms with Crippen molar-refractivity contribution in [1.29, 1.82) is 0 Å². The van der Waals surface area contributed by atoms with Gasteiger partial charge >= 0.3 is 0 Å². The van der Waals surface area contributed by atoms with Gasteiger partial charge in [0.1, 0.15) is 11.6 Å². The summed E-state index contributed by atoms with van der Waals surface area (Å²) in [6.45, 7) is 0.532. The quantitative estimate of drug-likeness (QED) is 0.698. The number of rotatable bonds is 7. The lowest BCUT2D eigenvalue weighted by Crippen LogP contribution is -2.14. The molecule has 2 aromatic heterocycles. The third kappa shape index (κ3) is 4.67. The molecule has 0 saturated carbocycles. The number of carbonyl (C=O) groups excluding carboxylic acids is 1. The van der Waals surface area contributed by atoms with Crippen LogP contribution >= 0.6 is 0 Å². The van der Waals surface area contributed by atoms with Crippen molar-refractivity contribution in [3.8, 4) is 0 Å². The molecule has 6 nitrogen and oxygen atoms in total. The van der Waals surface area contributed by atoms with Gasteiger partial charge in [-0.3, -0.25) is 4.79 Å². The molecule has 0 fully saturated rings. The third-order valence-electron chi connectivity index (χ3n) is 3.44. The van der Waals surface area contributed by atoms with Crippen LogP contribution in [0.25, 0.3) is 0 Å². The highest BCUT2D eigenvalue weighted by Crippen LogP contribution is 2.09. The highest BCUT2D eigenvalue weighted by molar-refractivity contribution is 5.89. The maximum atomic E-state index is 11.9. The summed E-state index contributed by atoms with van der Waals surface area (Å²) in [7, 11) is 0. The first-order valence-corrected chi connectivity index (χ1v) is 7.73. The lowest BCUT2D eigenvalue weighted by atomic mass is 10.1. The normalized spacial score (nSPS) is 10.3. The first kappa shape index (κ1) is 15.7. The Morgan fingerprint density at radius 2 is 1.75 bits per heavy atom. The Bertz CT molecular complexity index is 755. The molecule has 0 atom stereocenters. The van der Waals surface area contributed by atoms with Crippen molar-refractivity contribution in [2.45, 2.75) is 19.4 Å². The van der Waals surface area contributed by atoms with E-state index in [0.717, 1.165) is 11.3 Å². The van der Waals surface area contributed by atoms with E-state index in [1.807, 2.05) is 42.5 Å². The third-order valence-corrected chi connectivity index (χ3v) is 3.44. The predicted octanol–water partition coefficient (Wildman–Crippen LogP) is 3.25. The van der Waals surface area contributed by atoms with Crippen LogP contribution in [0.1, 0.15) is 17.7 Å². The summed E-state index contributed by atoms with van der Waals surface area (Å²) in [5.74, 6) is 1.80. The summed E-state index contributed by atoms with van der Waals surface area (Å²) >= 11 is 0. The van der Waals surface area contributed by atoms with Crippen molar-refractivity contribution in [3.63, 3.8) is 0 Å². The highest BCUT2D eigenvalue weighted by Gasteiger charge is 2.05. The zero-order valence-electron chi connectivity index (χ0n) is 13.1. The molecule has 1 aromatic carbocycles. The zero-order chi connectivity index (χ0) is 16.6. The maximum Gasteiger partial charge on any atom is 0.225 e. The summed E-state index contributed by atoms with van der Waals surface area (Å²) in [5, 5.41) is 13.9. The van der Waals surface area contributed by atoms with Crippen molar-refractivity contribution < 1.29 is 9.21 Å². The molecule has 0 saturated heterocycles. The molecule has 24 heavy (non-hydrogen) atoms. The van der Waals surface area contributed by atoms with E-state index in [-0.39, 0.29) is 5.91 Å². The SMILES string of the molecule is O=C(CCc1ccccc1)Nc1ccc(NCc2ccco2)nn1. The molecule has 1 amide bonds. The summed E-state index contributed by atoms with van der Waals surface area (Å²) in [5.41, 5.74) is 1.14. The van der Waals surface area contributed by atoms with E-state index in [4.69, 9.17) is 4.42 Å². The molecule has 0 unspecified atom stereocenters. The van der Waals surface area contributed by atoms with E-state index >= 15 is 0 Å². The van der Waals surface area contributed by atoms with Gasteiger partial charge in [0.15, 0.2) is 5.82 Å². The molecule has 0 bridgehead atoms. The molecule has 3 aromatic rings. The van der Waals surface area contributed by atoms with E-state index in [1.165, 1.54) is 0 Å². The van der Waals surface area contributed by atoms with Gasteiger partial charge in [0, 0.05) is 6.42 Å². The molecule has 0 spiro atoms. The van der Waals surface area contributed by atoms with Crippen LogP contribution in [0.5, 0.6) is 0 Å². The van der Waals surface area contributed by atoms with Crippen molar-refractivity contribution >= 4 is 17.5 Å². The number of aryl methyl sites for hydroxylation is 1. The first-order chi connectivity index (χ1) is 11.8. The highest BCUT2D eigenvalue weighted by atomic mass is 16.3. The molecule has 122 valence electrons. The van der Waals surface area contributed by atoms with Gasteiger partial charge in [-0.2, -0.15) is 0 Å². The molecule has 3 rings (SSSR count). The maximum absolute atomic E-state index is 11.9. The van der Waals surface area contributed by atoms with Crippen LogP contribution in [0.15, 0.2) is 65.3 Å². The van der Waals surface area contributed by atoms with Crippen LogP contribution in [0, 0.1) is 0 Å². The van der Waals surface area contributed by atoms with Crippen molar-refractivity contribution in [3.05, 3.63) is 72.2 Å². The van der Waals surface area contributed by atoms with Crippen LogP contribution in [0.3, 0.4) is 0 Å². The number of hydrogen-bond donors (Lipinski definition) is 2.